The van der Waals surface area contributed by atoms with Crippen LogP contribution in [-0.2, 0) is 14.3 Å². The molecule has 1 atom stereocenters. The summed E-state index contributed by atoms with van der Waals surface area (Å²) in [7, 11) is 0. The highest BCUT2D eigenvalue weighted by Gasteiger charge is 2.48. The van der Waals surface area contributed by atoms with E-state index < -0.39 is 23.7 Å². The maximum absolute atomic E-state index is 13.2. The van der Waals surface area contributed by atoms with Crippen LogP contribution in [0.5, 0.6) is 0 Å². The highest BCUT2D eigenvalue weighted by Crippen LogP contribution is 2.43. The fraction of sp³-hybridized carbons (Fsp3) is 0.167. The van der Waals surface area contributed by atoms with Crippen LogP contribution in [0.3, 0.4) is 0 Å². The highest BCUT2D eigenvalue weighted by atomic mass is 35.5. The zero-order valence-corrected chi connectivity index (χ0v) is 19.3. The predicted molar refractivity (Wildman–Crippen MR) is 125 cm³/mol. The van der Waals surface area contributed by atoms with Gasteiger partial charge in [-0.15, -0.1) is 0 Å². The van der Waals surface area contributed by atoms with Gasteiger partial charge in [-0.3, -0.25) is 14.5 Å². The monoisotopic (exact) mass is 482 g/mol. The Morgan fingerprint density at radius 3 is 2.45 bits per heavy atom. The first-order chi connectivity index (χ1) is 15.8. The first kappa shape index (κ1) is 22.7. The van der Waals surface area contributed by atoms with Gasteiger partial charge in [-0.25, -0.2) is 9.78 Å². The standard InChI is InChI=1S/C24H19ClN2O5S/c1-3-32-23(31)21-13(2)26-24(33-21)27-18(14-7-5-4-6-8-14)17(20(29)22(27)30)19(28)15-9-11-16(25)12-10-15/h4-12,18,28H,3H2,1-2H3/t18-/m1/s1. The molecule has 0 spiro atoms. The van der Waals surface area contributed by atoms with E-state index >= 15 is 0 Å². The number of rotatable bonds is 5. The van der Waals surface area contributed by atoms with Gasteiger partial charge in [0.25, 0.3) is 5.78 Å². The van der Waals surface area contributed by atoms with E-state index in [2.05, 4.69) is 4.98 Å². The molecular formula is C24H19ClN2O5S. The van der Waals surface area contributed by atoms with Crippen LogP contribution in [0, 0.1) is 6.92 Å². The second-order valence-electron chi connectivity index (χ2n) is 7.22. The van der Waals surface area contributed by atoms with Crippen molar-refractivity contribution in [3.8, 4) is 0 Å². The number of nitrogens with zero attached hydrogens (tertiary/aromatic N) is 2. The number of amides is 1. The van der Waals surface area contributed by atoms with E-state index in [1.165, 1.54) is 4.90 Å². The lowest BCUT2D eigenvalue weighted by Gasteiger charge is -2.22. The summed E-state index contributed by atoms with van der Waals surface area (Å²) in [5.74, 6) is -2.56. The molecule has 1 fully saturated rings. The van der Waals surface area contributed by atoms with Gasteiger partial charge in [0.15, 0.2) is 5.13 Å². The number of Topliss-reactive ketones (excluding diaryl/α,β-unsaturated/α-hetero) is 1. The smallest absolute Gasteiger partial charge is 0.350 e. The predicted octanol–water partition coefficient (Wildman–Crippen LogP) is 4.91. The van der Waals surface area contributed by atoms with Crippen molar-refractivity contribution in [2.45, 2.75) is 19.9 Å². The number of thiazole rings is 1. The molecule has 9 heteroatoms. The van der Waals surface area contributed by atoms with E-state index in [1.807, 2.05) is 0 Å². The largest absolute Gasteiger partial charge is 0.507 e. The van der Waals surface area contributed by atoms with Crippen molar-refractivity contribution < 1.29 is 24.2 Å². The molecule has 2 aromatic carbocycles. The minimum absolute atomic E-state index is 0.0703. The van der Waals surface area contributed by atoms with Crippen LogP contribution < -0.4 is 4.90 Å². The minimum Gasteiger partial charge on any atom is -0.507 e. The van der Waals surface area contributed by atoms with Crippen molar-refractivity contribution >= 4 is 51.5 Å². The van der Waals surface area contributed by atoms with Crippen molar-refractivity contribution in [3.63, 3.8) is 0 Å². The zero-order valence-electron chi connectivity index (χ0n) is 17.7. The van der Waals surface area contributed by atoms with Crippen LogP contribution in [-0.4, -0.2) is 34.4 Å². The van der Waals surface area contributed by atoms with Crippen molar-refractivity contribution in [3.05, 3.63) is 86.9 Å². The van der Waals surface area contributed by atoms with Gasteiger partial charge in [-0.05, 0) is 43.7 Å². The first-order valence-electron chi connectivity index (χ1n) is 10.1. The van der Waals surface area contributed by atoms with Gasteiger partial charge < -0.3 is 9.84 Å². The number of ketones is 1. The number of hydrogen-bond donors (Lipinski definition) is 1. The number of ether oxygens (including phenoxy) is 1. The fourth-order valence-electron chi connectivity index (χ4n) is 3.62. The molecule has 0 bridgehead atoms. The second-order valence-corrected chi connectivity index (χ2v) is 8.63. The molecule has 1 N–H and O–H groups in total. The van der Waals surface area contributed by atoms with Gasteiger partial charge >= 0.3 is 11.9 Å². The van der Waals surface area contributed by atoms with Gasteiger partial charge in [0.05, 0.1) is 23.9 Å². The lowest BCUT2D eigenvalue weighted by atomic mass is 9.95. The quantitative estimate of drug-likeness (QED) is 0.240. The number of benzene rings is 2. The third kappa shape index (κ3) is 4.15. The molecule has 0 unspecified atom stereocenters. The van der Waals surface area contributed by atoms with E-state index in [-0.39, 0.29) is 27.9 Å². The Labute approximate surface area is 198 Å². The van der Waals surface area contributed by atoms with Gasteiger partial charge in [0, 0.05) is 10.6 Å². The van der Waals surface area contributed by atoms with Gasteiger partial charge in [0.1, 0.15) is 10.6 Å². The summed E-state index contributed by atoms with van der Waals surface area (Å²) in [6.07, 6.45) is 0. The average Bonchev–Trinajstić information content (AvgIpc) is 3.31. The number of aromatic nitrogens is 1. The summed E-state index contributed by atoms with van der Waals surface area (Å²) in [5.41, 5.74) is 1.28. The molecule has 0 radical (unpaired) electrons. The second kappa shape index (κ2) is 9.17. The summed E-state index contributed by atoms with van der Waals surface area (Å²) >= 11 is 6.92. The summed E-state index contributed by atoms with van der Waals surface area (Å²) in [6, 6.07) is 14.2. The van der Waals surface area contributed by atoms with Crippen molar-refractivity contribution in [1.82, 2.24) is 4.98 Å². The Balaban J connectivity index is 1.89. The molecule has 1 aliphatic heterocycles. The van der Waals surface area contributed by atoms with Crippen LogP contribution in [0.4, 0.5) is 5.13 Å². The first-order valence-corrected chi connectivity index (χ1v) is 11.3. The molecule has 1 saturated heterocycles. The summed E-state index contributed by atoms with van der Waals surface area (Å²) in [6.45, 7) is 3.52. The molecule has 0 aliphatic carbocycles. The summed E-state index contributed by atoms with van der Waals surface area (Å²) in [4.78, 5) is 44.4. The molecule has 33 heavy (non-hydrogen) atoms. The van der Waals surface area contributed by atoms with E-state index in [0.717, 1.165) is 11.3 Å². The van der Waals surface area contributed by atoms with Crippen LogP contribution in [0.2, 0.25) is 5.02 Å². The number of esters is 1. The van der Waals surface area contributed by atoms with Gasteiger partial charge in [-0.2, -0.15) is 0 Å². The van der Waals surface area contributed by atoms with Crippen molar-refractivity contribution in [2.75, 3.05) is 11.5 Å². The Hall–Kier alpha value is -3.49. The molecule has 0 saturated carbocycles. The number of carbonyl (C=O) groups excluding carboxylic acids is 3. The Bertz CT molecular complexity index is 1270. The van der Waals surface area contributed by atoms with Crippen LogP contribution in [0.15, 0.2) is 60.2 Å². The average molecular weight is 483 g/mol. The number of aliphatic hydroxyl groups is 1. The van der Waals surface area contributed by atoms with Crippen molar-refractivity contribution in [1.29, 1.82) is 0 Å². The SMILES string of the molecule is CCOC(=O)c1sc(N2C(=O)C(=O)C(=C(O)c3ccc(Cl)cc3)[C@H]2c2ccccc2)nc1C. The topological polar surface area (TPSA) is 96.8 Å². The van der Waals surface area contributed by atoms with E-state index in [4.69, 9.17) is 16.3 Å². The third-order valence-electron chi connectivity index (χ3n) is 5.13. The van der Waals surface area contributed by atoms with E-state index in [1.54, 1.807) is 68.4 Å². The molecule has 1 aromatic heterocycles. The third-order valence-corrected chi connectivity index (χ3v) is 6.52. The van der Waals surface area contributed by atoms with E-state index in [9.17, 15) is 19.5 Å². The number of aryl methyl sites for hydroxylation is 1. The lowest BCUT2D eigenvalue weighted by molar-refractivity contribution is -0.132. The van der Waals surface area contributed by atoms with Crippen molar-refractivity contribution in [2.24, 2.45) is 0 Å². The Morgan fingerprint density at radius 2 is 1.82 bits per heavy atom. The van der Waals surface area contributed by atoms with Gasteiger partial charge in [0.2, 0.25) is 0 Å². The Morgan fingerprint density at radius 1 is 1.15 bits per heavy atom. The maximum atomic E-state index is 13.2. The van der Waals surface area contributed by atoms with Gasteiger partial charge in [-0.1, -0.05) is 53.3 Å². The normalized spacial score (nSPS) is 17.4. The zero-order chi connectivity index (χ0) is 23.7. The minimum atomic E-state index is -0.928. The molecule has 1 aliphatic rings. The summed E-state index contributed by atoms with van der Waals surface area (Å²) in [5, 5.41) is 11.7. The van der Waals surface area contributed by atoms with E-state index in [0.29, 0.717) is 21.8 Å². The van der Waals surface area contributed by atoms with Crippen LogP contribution in [0.1, 0.15) is 39.5 Å². The highest BCUT2D eigenvalue weighted by molar-refractivity contribution is 7.17. The number of carbonyl (C=O) groups is 3. The Kier molecular flexibility index (Phi) is 6.31. The molecule has 1 amide bonds. The molecule has 3 aromatic rings. The maximum Gasteiger partial charge on any atom is 0.350 e. The number of halogens is 1. The molecular weight excluding hydrogens is 464 g/mol. The molecule has 168 valence electrons. The van der Waals surface area contributed by atoms with Crippen LogP contribution in [0.25, 0.3) is 5.76 Å². The fourth-order valence-corrected chi connectivity index (χ4v) is 4.73. The summed E-state index contributed by atoms with van der Waals surface area (Å²) < 4.78 is 5.07. The number of anilines is 1. The molecule has 2 heterocycles. The number of hydrogen-bond acceptors (Lipinski definition) is 7. The van der Waals surface area contributed by atoms with Crippen LogP contribution >= 0.6 is 22.9 Å². The molecule has 7 nitrogen and oxygen atoms in total. The number of aliphatic hydroxyl groups excluding tert-OH is 1. The lowest BCUT2D eigenvalue weighted by Crippen LogP contribution is -2.29. The molecule has 4 rings (SSSR count).